The van der Waals surface area contributed by atoms with E-state index < -0.39 is 23.7 Å². The number of hydrogen-bond donors (Lipinski definition) is 4. The van der Waals surface area contributed by atoms with Crippen molar-refractivity contribution in [2.45, 2.75) is 98.4 Å². The Kier molecular flexibility index (Phi) is 12.5. The maximum absolute atomic E-state index is 12.6. The summed E-state index contributed by atoms with van der Waals surface area (Å²) < 4.78 is 7.40. The molecule has 0 aliphatic carbocycles. The predicted molar refractivity (Wildman–Crippen MR) is 149 cm³/mol. The van der Waals surface area contributed by atoms with Crippen LogP contribution in [-0.4, -0.2) is 57.8 Å². The zero-order valence-corrected chi connectivity index (χ0v) is 23.7. The molecule has 210 valence electrons. The van der Waals surface area contributed by atoms with Gasteiger partial charge in [0.25, 0.3) is 0 Å². The largest absolute Gasteiger partial charge is 0.390 e. The minimum Gasteiger partial charge on any atom is -0.390 e. The minimum absolute atomic E-state index is 0.0705. The molecule has 37 heavy (non-hydrogen) atoms. The van der Waals surface area contributed by atoms with Crippen LogP contribution in [0.3, 0.4) is 0 Å². The smallest absolute Gasteiger partial charge is 0.225 e. The molecule has 4 atom stereocenters. The number of nitrogens with zero attached hydrogens (tertiary/aromatic N) is 2. The number of amides is 1. The van der Waals surface area contributed by atoms with Crippen LogP contribution in [0.2, 0.25) is 0 Å². The van der Waals surface area contributed by atoms with Crippen LogP contribution >= 0.6 is 0 Å². The lowest BCUT2D eigenvalue weighted by molar-refractivity contribution is -0.130. The van der Waals surface area contributed by atoms with Gasteiger partial charge >= 0.3 is 0 Å². The molecule has 0 saturated carbocycles. The van der Waals surface area contributed by atoms with Gasteiger partial charge in [0.15, 0.2) is 0 Å². The Morgan fingerprint density at radius 3 is 2.59 bits per heavy atom. The first-order chi connectivity index (χ1) is 17.5. The lowest BCUT2D eigenvalue weighted by Crippen LogP contribution is -2.47. The molecule has 0 unspecified atom stereocenters. The zero-order chi connectivity index (χ0) is 27.6. The van der Waals surface area contributed by atoms with E-state index in [0.717, 1.165) is 48.7 Å². The number of benzene rings is 1. The molecular weight excluding hydrogens is 468 g/mol. The highest BCUT2D eigenvalue weighted by molar-refractivity contribution is 5.81. The Morgan fingerprint density at radius 1 is 1.22 bits per heavy atom. The third-order valence-electron chi connectivity index (χ3n) is 7.42. The fraction of sp³-hybridized carbons (Fsp3) is 0.724. The number of fused-ring (bicyclic) bond motifs is 1. The van der Waals surface area contributed by atoms with Crippen LogP contribution < -0.4 is 11.1 Å². The van der Waals surface area contributed by atoms with E-state index in [1.165, 1.54) is 0 Å². The van der Waals surface area contributed by atoms with Crippen LogP contribution in [0.4, 0.5) is 0 Å². The van der Waals surface area contributed by atoms with Gasteiger partial charge in [0, 0.05) is 43.1 Å². The summed E-state index contributed by atoms with van der Waals surface area (Å²) in [5.74, 6) is -0.0884. The number of carbonyl (C=O) groups is 1. The molecule has 0 aliphatic rings. The molecule has 5 N–H and O–H groups in total. The maximum Gasteiger partial charge on any atom is 0.225 e. The first kappa shape index (κ1) is 31.2. The average Bonchev–Trinajstić information content (AvgIpc) is 3.28. The van der Waals surface area contributed by atoms with E-state index in [0.29, 0.717) is 19.6 Å². The fourth-order valence-corrected chi connectivity index (χ4v) is 4.71. The van der Waals surface area contributed by atoms with Gasteiger partial charge in [-0.25, -0.2) is 0 Å². The zero-order valence-electron chi connectivity index (χ0n) is 23.7. The number of aryl methyl sites for hydroxylation is 1. The number of hydrogen-bond acceptors (Lipinski definition) is 6. The Balaban J connectivity index is 2.04. The second kappa shape index (κ2) is 14.8. The molecule has 0 radical (unpaired) electrons. The lowest BCUT2D eigenvalue weighted by atomic mass is 9.81. The highest BCUT2D eigenvalue weighted by Gasteiger charge is 2.31. The van der Waals surface area contributed by atoms with Gasteiger partial charge in [0.2, 0.25) is 5.91 Å². The number of carbonyl (C=O) groups excluding carboxylic acids is 1. The number of nitrogens with one attached hydrogen (secondary N) is 1. The van der Waals surface area contributed by atoms with Crippen molar-refractivity contribution in [3.05, 3.63) is 30.0 Å². The van der Waals surface area contributed by atoms with Crippen molar-refractivity contribution in [2.24, 2.45) is 23.0 Å². The molecule has 0 fully saturated rings. The number of aromatic nitrogens is 2. The molecule has 8 nitrogen and oxygen atoms in total. The van der Waals surface area contributed by atoms with Crippen molar-refractivity contribution in [2.75, 3.05) is 19.8 Å². The van der Waals surface area contributed by atoms with Crippen molar-refractivity contribution in [3.8, 4) is 0 Å². The molecule has 8 heteroatoms. The van der Waals surface area contributed by atoms with E-state index in [4.69, 9.17) is 10.5 Å². The Bertz CT molecular complexity index is 959. The number of aliphatic hydroxyl groups is 2. The van der Waals surface area contributed by atoms with Crippen molar-refractivity contribution in [3.63, 3.8) is 0 Å². The molecule has 2 rings (SSSR count). The Labute approximate surface area is 223 Å². The van der Waals surface area contributed by atoms with Crippen LogP contribution in [-0.2, 0) is 16.1 Å². The summed E-state index contributed by atoms with van der Waals surface area (Å²) in [4.78, 5) is 12.6. The van der Waals surface area contributed by atoms with E-state index in [9.17, 15) is 15.0 Å². The van der Waals surface area contributed by atoms with Crippen LogP contribution in [0, 0.1) is 17.3 Å². The standard InChI is InChI=1S/C29H50N4O4/c1-7-9-13-29(5,6)28(36)31-19-26(34)24(30)17-23(20(3)4)27(35)21-11-12-22-18-32-33(25(22)16-21)14-10-15-37-8-2/h11-12,16,18,20,23-24,26-27,34-35H,7-10,13-15,17,19,30H2,1-6H3,(H,31,36)/t23-,24-,26-,27+/m0/s1. The summed E-state index contributed by atoms with van der Waals surface area (Å²) >= 11 is 0. The Morgan fingerprint density at radius 2 is 1.95 bits per heavy atom. The first-order valence-electron chi connectivity index (χ1n) is 13.9. The summed E-state index contributed by atoms with van der Waals surface area (Å²) in [6, 6.07) is 5.36. The van der Waals surface area contributed by atoms with Crippen LogP contribution in [0.1, 0.15) is 85.3 Å². The molecule has 1 aromatic carbocycles. The van der Waals surface area contributed by atoms with Gasteiger partial charge in [-0.2, -0.15) is 5.10 Å². The normalized spacial score (nSPS) is 15.6. The summed E-state index contributed by atoms with van der Waals surface area (Å²) in [5, 5.41) is 30.5. The molecule has 1 heterocycles. The van der Waals surface area contributed by atoms with Crippen LogP contribution in [0.15, 0.2) is 24.4 Å². The topological polar surface area (TPSA) is 123 Å². The third-order valence-corrected chi connectivity index (χ3v) is 7.42. The SMILES string of the molecule is CCCCC(C)(C)C(=O)NC[C@H](O)[C@@H](N)C[C@@H](C(C)C)[C@H](O)c1ccc2cnn(CCCOCC)c2c1. The minimum atomic E-state index is -0.895. The highest BCUT2D eigenvalue weighted by Crippen LogP contribution is 2.33. The highest BCUT2D eigenvalue weighted by atomic mass is 16.5. The van der Waals surface area contributed by atoms with Gasteiger partial charge in [-0.15, -0.1) is 0 Å². The van der Waals surface area contributed by atoms with E-state index >= 15 is 0 Å². The summed E-state index contributed by atoms with van der Waals surface area (Å²) in [7, 11) is 0. The number of nitrogens with two attached hydrogens (primary N) is 1. The quantitative estimate of drug-likeness (QED) is 0.233. The average molecular weight is 519 g/mol. The molecular formula is C29H50N4O4. The second-order valence-corrected chi connectivity index (χ2v) is 11.3. The number of ether oxygens (including phenoxy) is 1. The maximum atomic E-state index is 12.6. The second-order valence-electron chi connectivity index (χ2n) is 11.3. The van der Waals surface area contributed by atoms with E-state index in [1.54, 1.807) is 0 Å². The van der Waals surface area contributed by atoms with E-state index in [-0.39, 0.29) is 24.3 Å². The van der Waals surface area contributed by atoms with Crippen LogP contribution in [0.5, 0.6) is 0 Å². The van der Waals surface area contributed by atoms with Crippen molar-refractivity contribution in [1.82, 2.24) is 15.1 Å². The molecule has 0 bridgehead atoms. The van der Waals surface area contributed by atoms with Gasteiger partial charge < -0.3 is 26.0 Å². The van der Waals surface area contributed by atoms with Gasteiger partial charge in [-0.3, -0.25) is 9.48 Å². The number of rotatable bonds is 17. The number of aliphatic hydroxyl groups excluding tert-OH is 2. The van der Waals surface area contributed by atoms with Crippen molar-refractivity contribution >= 4 is 16.8 Å². The van der Waals surface area contributed by atoms with E-state index in [2.05, 4.69) is 31.2 Å². The van der Waals surface area contributed by atoms with Crippen LogP contribution in [0.25, 0.3) is 10.9 Å². The lowest BCUT2D eigenvalue weighted by Gasteiger charge is -2.31. The molecule has 2 aromatic rings. The molecule has 1 aromatic heterocycles. The van der Waals surface area contributed by atoms with Gasteiger partial charge in [-0.05, 0) is 49.7 Å². The number of unbranched alkanes of at least 4 members (excludes halogenated alkanes) is 1. The first-order valence-corrected chi connectivity index (χ1v) is 13.9. The summed E-state index contributed by atoms with van der Waals surface area (Å²) in [6.07, 6.45) is 4.32. The molecule has 0 saturated heterocycles. The monoisotopic (exact) mass is 518 g/mol. The fourth-order valence-electron chi connectivity index (χ4n) is 4.71. The van der Waals surface area contributed by atoms with Gasteiger partial charge in [-0.1, -0.05) is 59.6 Å². The van der Waals surface area contributed by atoms with Gasteiger partial charge in [0.05, 0.1) is 23.9 Å². The molecule has 0 spiro atoms. The predicted octanol–water partition coefficient (Wildman–Crippen LogP) is 4.18. The molecule has 1 amide bonds. The summed E-state index contributed by atoms with van der Waals surface area (Å²) in [5.41, 5.74) is 7.70. The van der Waals surface area contributed by atoms with Crippen molar-refractivity contribution in [1.29, 1.82) is 0 Å². The van der Waals surface area contributed by atoms with Gasteiger partial charge in [0.1, 0.15) is 0 Å². The summed E-state index contributed by atoms with van der Waals surface area (Å²) in [6.45, 7) is 14.3. The Hall–Kier alpha value is -2.00. The third kappa shape index (κ3) is 9.06. The van der Waals surface area contributed by atoms with Crippen molar-refractivity contribution < 1.29 is 19.7 Å². The van der Waals surface area contributed by atoms with E-state index in [1.807, 2.05) is 49.8 Å². The molecule has 0 aliphatic heterocycles.